The lowest BCUT2D eigenvalue weighted by Gasteiger charge is -2.34. The normalized spacial score (nSPS) is 26.8. The predicted octanol–water partition coefficient (Wildman–Crippen LogP) is 4.24. The van der Waals surface area contributed by atoms with Crippen molar-refractivity contribution in [1.29, 1.82) is 0 Å². The maximum absolute atomic E-state index is 12.4. The van der Waals surface area contributed by atoms with Crippen LogP contribution in [0.3, 0.4) is 0 Å². The number of hydrogen-bond acceptors (Lipinski definition) is 5. The molecule has 0 bridgehead atoms. The van der Waals surface area contributed by atoms with Crippen LogP contribution in [-0.4, -0.2) is 35.8 Å². The second kappa shape index (κ2) is 9.69. The molecule has 4 atom stereocenters. The zero-order valence-electron chi connectivity index (χ0n) is 15.4. The highest BCUT2D eigenvalue weighted by Crippen LogP contribution is 2.31. The Labute approximate surface area is 189 Å². The van der Waals surface area contributed by atoms with Crippen molar-refractivity contribution in [3.8, 4) is 0 Å². The van der Waals surface area contributed by atoms with E-state index in [1.54, 1.807) is 36.4 Å². The highest BCUT2D eigenvalue weighted by atomic mass is 35.5. The van der Waals surface area contributed by atoms with Crippen molar-refractivity contribution >= 4 is 46.4 Å². The van der Waals surface area contributed by atoms with E-state index >= 15 is 0 Å². The quantitative estimate of drug-likeness (QED) is 0.641. The molecule has 1 heterocycles. The first kappa shape index (κ1) is 23.1. The van der Waals surface area contributed by atoms with E-state index in [2.05, 4.69) is 0 Å². The number of ether oxygens (including phenoxy) is 3. The lowest BCUT2D eigenvalue weighted by atomic mass is 10.1. The van der Waals surface area contributed by atoms with Crippen molar-refractivity contribution in [2.75, 3.05) is 6.61 Å². The van der Waals surface area contributed by atoms with Gasteiger partial charge in [-0.2, -0.15) is 0 Å². The fourth-order valence-corrected chi connectivity index (χ4v) is 3.94. The molecule has 1 aliphatic heterocycles. The highest BCUT2D eigenvalue weighted by Gasteiger charge is 2.45. The molecule has 1 fully saturated rings. The molecule has 1 saturated heterocycles. The summed E-state index contributed by atoms with van der Waals surface area (Å²) in [5.74, 6) is -2.01. The molecule has 29 heavy (non-hydrogen) atoms. The Morgan fingerprint density at radius 3 is 2.10 bits per heavy atom. The number of halogens is 4. The second-order valence-electron chi connectivity index (χ2n) is 6.88. The Morgan fingerprint density at radius 1 is 1.00 bits per heavy atom. The monoisotopic (exact) mass is 479 g/mol. The number of benzene rings is 2. The summed E-state index contributed by atoms with van der Waals surface area (Å²) in [7, 11) is 0. The van der Waals surface area contributed by atoms with Crippen LogP contribution < -0.4 is 5.11 Å². The summed E-state index contributed by atoms with van der Waals surface area (Å²) in [6, 6.07) is 10.1. The van der Waals surface area contributed by atoms with Crippen molar-refractivity contribution in [2.24, 2.45) is 0 Å². The number of aliphatic hydroxyl groups is 1. The van der Waals surface area contributed by atoms with E-state index in [1.165, 1.54) is 6.92 Å². The molecule has 2 aromatic rings. The van der Waals surface area contributed by atoms with Crippen LogP contribution in [-0.2, 0) is 27.4 Å². The molecule has 0 aliphatic carbocycles. The van der Waals surface area contributed by atoms with Crippen LogP contribution in [0.2, 0.25) is 20.1 Å². The molecular formula is C20H19Cl4O5-. The molecule has 0 aromatic heterocycles. The van der Waals surface area contributed by atoms with E-state index < -0.39 is 24.1 Å². The van der Waals surface area contributed by atoms with Crippen molar-refractivity contribution in [3.63, 3.8) is 0 Å². The minimum Gasteiger partial charge on any atom is -0.827 e. The molecule has 5 nitrogen and oxygen atoms in total. The van der Waals surface area contributed by atoms with Gasteiger partial charge in [0.05, 0.1) is 25.9 Å². The molecule has 1 N–H and O–H groups in total. The first-order valence-electron chi connectivity index (χ1n) is 8.81. The molecule has 0 spiro atoms. The molecular weight excluding hydrogens is 462 g/mol. The van der Waals surface area contributed by atoms with Crippen LogP contribution in [0.25, 0.3) is 0 Å². The van der Waals surface area contributed by atoms with Gasteiger partial charge in [-0.25, -0.2) is 0 Å². The number of hydrogen-bond donors (Lipinski definition) is 1. The Balaban J connectivity index is 1.62. The van der Waals surface area contributed by atoms with Gasteiger partial charge in [-0.3, -0.25) is 0 Å². The third-order valence-electron chi connectivity index (χ3n) is 4.60. The van der Waals surface area contributed by atoms with E-state index in [0.29, 0.717) is 25.7 Å². The van der Waals surface area contributed by atoms with Crippen molar-refractivity contribution in [3.05, 3.63) is 67.6 Å². The summed E-state index contributed by atoms with van der Waals surface area (Å²) < 4.78 is 16.9. The topological polar surface area (TPSA) is 71.0 Å². The lowest BCUT2D eigenvalue weighted by Crippen LogP contribution is -2.51. The first-order chi connectivity index (χ1) is 13.7. The van der Waals surface area contributed by atoms with E-state index in [1.807, 2.05) is 0 Å². The Kier molecular flexibility index (Phi) is 7.71. The Bertz CT molecular complexity index is 861. The molecule has 0 amide bonds. The number of aliphatic hydroxyl groups excluding tert-OH is 1. The zero-order valence-corrected chi connectivity index (χ0v) is 18.4. The maximum atomic E-state index is 12.4. The van der Waals surface area contributed by atoms with E-state index in [4.69, 9.17) is 60.6 Å². The smallest absolute Gasteiger partial charge is 0.114 e. The van der Waals surface area contributed by atoms with Crippen LogP contribution in [0.5, 0.6) is 0 Å². The minimum atomic E-state index is -2.01. The van der Waals surface area contributed by atoms with Gasteiger partial charge in [0.2, 0.25) is 0 Å². The van der Waals surface area contributed by atoms with E-state index in [9.17, 15) is 10.2 Å². The Morgan fingerprint density at radius 2 is 1.55 bits per heavy atom. The Hall–Kier alpha value is -0.600. The van der Waals surface area contributed by atoms with Gasteiger partial charge < -0.3 is 24.4 Å². The summed E-state index contributed by atoms with van der Waals surface area (Å²) in [6.07, 6.45) is -3.02. The van der Waals surface area contributed by atoms with Crippen LogP contribution >= 0.6 is 46.4 Å². The van der Waals surface area contributed by atoms with Gasteiger partial charge in [0.15, 0.2) is 0 Å². The summed E-state index contributed by atoms with van der Waals surface area (Å²) >= 11 is 24.1. The fourth-order valence-electron chi connectivity index (χ4n) is 3.01. The van der Waals surface area contributed by atoms with Gasteiger partial charge in [0.1, 0.15) is 12.2 Å². The standard InChI is InChI=1S/C20H19Cl4O5/c1-20(26)19(25)18(28-9-12-3-5-14(22)7-16(12)24)17(29-20)10-27-8-11-2-4-13(21)6-15(11)23/h2-7,17-19,25H,8-10H2,1H3/q-1/t17-,18-,19-,20+/m1/s1. The average Bonchev–Trinajstić information content (AvgIpc) is 2.85. The van der Waals surface area contributed by atoms with Gasteiger partial charge in [-0.05, 0) is 42.3 Å². The molecule has 3 rings (SSSR count). The summed E-state index contributed by atoms with van der Waals surface area (Å²) in [5.41, 5.74) is 1.42. The SMILES string of the molecule is C[C@]1([O-])O[C@H](COCc2ccc(Cl)cc2Cl)[C@@H](OCc2ccc(Cl)cc2Cl)[C@H]1O. The average molecular weight is 481 g/mol. The third kappa shape index (κ3) is 5.76. The highest BCUT2D eigenvalue weighted by molar-refractivity contribution is 6.35. The second-order valence-corrected chi connectivity index (χ2v) is 8.57. The molecule has 0 saturated carbocycles. The van der Waals surface area contributed by atoms with Crippen molar-refractivity contribution in [2.45, 2.75) is 44.2 Å². The van der Waals surface area contributed by atoms with Crippen LogP contribution in [0.15, 0.2) is 36.4 Å². The summed E-state index contributed by atoms with van der Waals surface area (Å²) in [5, 5.41) is 24.7. The van der Waals surface area contributed by atoms with Gasteiger partial charge in [0, 0.05) is 25.9 Å². The molecule has 0 unspecified atom stereocenters. The molecule has 0 radical (unpaired) electrons. The van der Waals surface area contributed by atoms with Crippen LogP contribution in [0.1, 0.15) is 18.1 Å². The predicted molar refractivity (Wildman–Crippen MR) is 110 cm³/mol. The largest absolute Gasteiger partial charge is 0.827 e. The molecule has 1 aliphatic rings. The minimum absolute atomic E-state index is 0.0346. The van der Waals surface area contributed by atoms with Crippen molar-refractivity contribution in [1.82, 2.24) is 0 Å². The van der Waals surface area contributed by atoms with Gasteiger partial charge in [0.25, 0.3) is 0 Å². The lowest BCUT2D eigenvalue weighted by molar-refractivity contribution is -0.557. The van der Waals surface area contributed by atoms with Gasteiger partial charge in [-0.1, -0.05) is 58.5 Å². The zero-order chi connectivity index (χ0) is 21.2. The summed E-state index contributed by atoms with van der Waals surface area (Å²) in [4.78, 5) is 0. The number of rotatable bonds is 7. The van der Waals surface area contributed by atoms with E-state index in [0.717, 1.165) is 5.56 Å². The molecule has 9 heteroatoms. The van der Waals surface area contributed by atoms with Crippen LogP contribution in [0.4, 0.5) is 0 Å². The fraction of sp³-hybridized carbons (Fsp3) is 0.400. The summed E-state index contributed by atoms with van der Waals surface area (Å²) in [6.45, 7) is 1.57. The molecule has 158 valence electrons. The first-order valence-corrected chi connectivity index (χ1v) is 10.3. The van der Waals surface area contributed by atoms with E-state index in [-0.39, 0.29) is 19.8 Å². The molecule has 2 aromatic carbocycles. The maximum Gasteiger partial charge on any atom is 0.114 e. The van der Waals surface area contributed by atoms with Crippen molar-refractivity contribution < 1.29 is 24.4 Å². The van der Waals surface area contributed by atoms with Gasteiger partial charge in [-0.15, -0.1) is 0 Å². The third-order valence-corrected chi connectivity index (χ3v) is 5.78. The van der Waals surface area contributed by atoms with Crippen LogP contribution in [0, 0.1) is 0 Å². The van der Waals surface area contributed by atoms with Gasteiger partial charge >= 0.3 is 0 Å².